The highest BCUT2D eigenvalue weighted by Crippen LogP contribution is 2.26. The van der Waals surface area contributed by atoms with Crippen molar-refractivity contribution in [2.45, 2.75) is 43.4 Å². The molecule has 5 atom stereocenters. The summed E-state index contributed by atoms with van der Waals surface area (Å²) in [6, 6.07) is 9.63. The van der Waals surface area contributed by atoms with Crippen molar-refractivity contribution in [1.29, 1.82) is 0 Å². The monoisotopic (exact) mass is 270 g/mol. The van der Waals surface area contributed by atoms with Crippen molar-refractivity contribution in [3.63, 3.8) is 0 Å². The van der Waals surface area contributed by atoms with E-state index in [1.165, 1.54) is 0 Å². The van der Waals surface area contributed by atoms with Gasteiger partial charge in [0.1, 0.15) is 23.7 Å². The molecule has 0 amide bonds. The second-order valence-corrected chi connectivity index (χ2v) is 4.98. The van der Waals surface area contributed by atoms with Crippen LogP contribution in [0.3, 0.4) is 0 Å². The zero-order valence-corrected chi connectivity index (χ0v) is 11.0. The third-order valence-corrected chi connectivity index (χ3v) is 3.50. The van der Waals surface area contributed by atoms with Crippen molar-refractivity contribution in [3.8, 4) is 0 Å². The Bertz CT molecular complexity index is 373. The van der Waals surface area contributed by atoms with Gasteiger partial charge in [-0.2, -0.15) is 0 Å². The van der Waals surface area contributed by atoms with Crippen molar-refractivity contribution in [2.75, 3.05) is 0 Å². The first-order valence-electron chi connectivity index (χ1n) is 5.95. The van der Waals surface area contributed by atoms with E-state index < -0.39 is 29.9 Å². The van der Waals surface area contributed by atoms with E-state index in [1.807, 2.05) is 30.3 Å². The number of ether oxygens (including phenoxy) is 2. The Morgan fingerprint density at radius 2 is 1.89 bits per heavy atom. The first-order chi connectivity index (χ1) is 8.59. The number of aliphatic hydroxyl groups is 2. The van der Waals surface area contributed by atoms with Crippen molar-refractivity contribution >= 4 is 12.6 Å². The van der Waals surface area contributed by atoms with Gasteiger partial charge in [0.05, 0.1) is 12.7 Å². The van der Waals surface area contributed by atoms with Crippen LogP contribution in [-0.4, -0.2) is 40.1 Å². The molecule has 0 unspecified atom stereocenters. The van der Waals surface area contributed by atoms with E-state index in [0.29, 0.717) is 6.61 Å². The van der Waals surface area contributed by atoms with Gasteiger partial charge in [-0.05, 0) is 12.5 Å². The summed E-state index contributed by atoms with van der Waals surface area (Å²) in [5.41, 5.74) is 0.459. The lowest BCUT2D eigenvalue weighted by atomic mass is 10.0. The van der Waals surface area contributed by atoms with Crippen LogP contribution in [0, 0.1) is 0 Å². The summed E-state index contributed by atoms with van der Waals surface area (Å²) in [7, 11) is 0. The van der Waals surface area contributed by atoms with E-state index in [4.69, 9.17) is 9.47 Å². The number of aliphatic hydroxyl groups excluding tert-OH is 2. The number of hydrogen-bond acceptors (Lipinski definition) is 5. The molecule has 5 heteroatoms. The van der Waals surface area contributed by atoms with Crippen LogP contribution < -0.4 is 0 Å². The van der Waals surface area contributed by atoms with Crippen LogP contribution in [0.25, 0.3) is 0 Å². The van der Waals surface area contributed by atoms with E-state index >= 15 is 0 Å². The van der Waals surface area contributed by atoms with Gasteiger partial charge in [-0.25, -0.2) is 0 Å². The van der Waals surface area contributed by atoms with E-state index in [2.05, 4.69) is 12.6 Å². The molecule has 0 aromatic heterocycles. The van der Waals surface area contributed by atoms with Gasteiger partial charge in [-0.3, -0.25) is 0 Å². The van der Waals surface area contributed by atoms with Crippen molar-refractivity contribution in [1.82, 2.24) is 0 Å². The van der Waals surface area contributed by atoms with Gasteiger partial charge in [0.15, 0.2) is 0 Å². The van der Waals surface area contributed by atoms with Gasteiger partial charge in [0, 0.05) is 0 Å². The third-order valence-electron chi connectivity index (χ3n) is 3.09. The fourth-order valence-corrected chi connectivity index (χ4v) is 2.42. The molecule has 4 nitrogen and oxygen atoms in total. The van der Waals surface area contributed by atoms with Gasteiger partial charge in [-0.1, -0.05) is 30.3 Å². The van der Waals surface area contributed by atoms with Gasteiger partial charge in [0.2, 0.25) is 0 Å². The number of benzene rings is 1. The molecule has 0 spiro atoms. The van der Waals surface area contributed by atoms with E-state index in [1.54, 1.807) is 6.92 Å². The third kappa shape index (κ3) is 3.05. The second kappa shape index (κ2) is 6.04. The topological polar surface area (TPSA) is 58.9 Å². The molecule has 0 aliphatic carbocycles. The summed E-state index contributed by atoms with van der Waals surface area (Å²) in [6.07, 6.45) is -3.02. The molecule has 0 bridgehead atoms. The molecule has 1 aliphatic rings. The summed E-state index contributed by atoms with van der Waals surface area (Å²) >= 11 is 4.24. The molecular weight excluding hydrogens is 252 g/mol. The number of rotatable bonds is 3. The van der Waals surface area contributed by atoms with Gasteiger partial charge < -0.3 is 19.7 Å². The Morgan fingerprint density at radius 1 is 1.22 bits per heavy atom. The molecule has 1 heterocycles. The smallest absolute Gasteiger partial charge is 0.129 e. The Hall–Kier alpha value is -0.590. The molecule has 1 aromatic rings. The van der Waals surface area contributed by atoms with Crippen LogP contribution in [0.5, 0.6) is 0 Å². The standard InChI is InChI=1S/C13H18O4S/c1-8-10(14)11(15)12(13(18)17-8)16-7-9-5-3-2-4-6-9/h2-6,8,10-15,18H,7H2,1H3/t8-,10-,11+,12+,13-/m0/s1. The molecule has 18 heavy (non-hydrogen) atoms. The SMILES string of the molecule is C[C@@H]1O[C@@H](S)[C@H](OCc2ccccc2)[C@H](O)[C@H]1O. The molecule has 2 N–H and O–H groups in total. The minimum absolute atomic E-state index is 0.351. The Morgan fingerprint density at radius 3 is 2.56 bits per heavy atom. The maximum absolute atomic E-state index is 9.95. The summed E-state index contributed by atoms with van der Waals surface area (Å²) in [5.74, 6) is 0. The average molecular weight is 270 g/mol. The molecule has 0 saturated carbocycles. The normalized spacial score (nSPS) is 36.6. The van der Waals surface area contributed by atoms with Crippen LogP contribution in [0.15, 0.2) is 30.3 Å². The van der Waals surface area contributed by atoms with Crippen molar-refractivity contribution < 1.29 is 19.7 Å². The summed E-state index contributed by atoms with van der Waals surface area (Å²) in [5, 5.41) is 19.7. The van der Waals surface area contributed by atoms with Crippen LogP contribution in [-0.2, 0) is 16.1 Å². The Balaban J connectivity index is 1.96. The molecule has 0 radical (unpaired) electrons. The number of thiol groups is 1. The van der Waals surface area contributed by atoms with Crippen LogP contribution in [0.4, 0.5) is 0 Å². The minimum Gasteiger partial charge on any atom is -0.388 e. The highest BCUT2D eigenvalue weighted by molar-refractivity contribution is 7.80. The average Bonchev–Trinajstić information content (AvgIpc) is 2.37. The lowest BCUT2D eigenvalue weighted by molar-refractivity contribution is -0.209. The van der Waals surface area contributed by atoms with Crippen molar-refractivity contribution in [3.05, 3.63) is 35.9 Å². The Labute approximate surface area is 112 Å². The van der Waals surface area contributed by atoms with Gasteiger partial charge >= 0.3 is 0 Å². The van der Waals surface area contributed by atoms with Crippen LogP contribution in [0.2, 0.25) is 0 Å². The molecule has 1 saturated heterocycles. The lowest BCUT2D eigenvalue weighted by Gasteiger charge is -2.39. The molecule has 1 aromatic carbocycles. The van der Waals surface area contributed by atoms with Crippen molar-refractivity contribution in [2.24, 2.45) is 0 Å². The summed E-state index contributed by atoms with van der Waals surface area (Å²) in [6.45, 7) is 2.05. The quantitative estimate of drug-likeness (QED) is 0.716. The molecule has 100 valence electrons. The van der Waals surface area contributed by atoms with Gasteiger partial charge in [0.25, 0.3) is 0 Å². The van der Waals surface area contributed by atoms with E-state index in [9.17, 15) is 10.2 Å². The largest absolute Gasteiger partial charge is 0.388 e. The fraction of sp³-hybridized carbons (Fsp3) is 0.538. The molecule has 2 rings (SSSR count). The zero-order valence-electron chi connectivity index (χ0n) is 10.1. The minimum atomic E-state index is -0.986. The lowest BCUT2D eigenvalue weighted by Crippen LogP contribution is -2.55. The maximum Gasteiger partial charge on any atom is 0.129 e. The van der Waals surface area contributed by atoms with E-state index in [-0.39, 0.29) is 0 Å². The predicted molar refractivity (Wildman–Crippen MR) is 70.4 cm³/mol. The second-order valence-electron chi connectivity index (χ2n) is 4.47. The van der Waals surface area contributed by atoms with Crippen LogP contribution in [0.1, 0.15) is 12.5 Å². The summed E-state index contributed by atoms with van der Waals surface area (Å²) in [4.78, 5) is 0. The van der Waals surface area contributed by atoms with E-state index in [0.717, 1.165) is 5.56 Å². The highest BCUT2D eigenvalue weighted by Gasteiger charge is 2.41. The fourth-order valence-electron chi connectivity index (χ4n) is 1.97. The predicted octanol–water partition coefficient (Wildman–Crippen LogP) is 0.968. The molecular formula is C13H18O4S. The number of hydrogen-bond donors (Lipinski definition) is 3. The van der Waals surface area contributed by atoms with Gasteiger partial charge in [-0.15, -0.1) is 12.6 Å². The maximum atomic E-state index is 9.95. The molecule has 1 aliphatic heterocycles. The first kappa shape index (κ1) is 13.8. The first-order valence-corrected chi connectivity index (χ1v) is 6.46. The summed E-state index contributed by atoms with van der Waals surface area (Å²) < 4.78 is 11.0. The highest BCUT2D eigenvalue weighted by atomic mass is 32.1. The molecule has 1 fully saturated rings. The van der Waals surface area contributed by atoms with Crippen LogP contribution >= 0.6 is 12.6 Å². The zero-order chi connectivity index (χ0) is 13.1. The Kier molecular flexibility index (Phi) is 4.64.